The van der Waals surface area contributed by atoms with Gasteiger partial charge in [0.1, 0.15) is 16.7 Å². The summed E-state index contributed by atoms with van der Waals surface area (Å²) in [6.07, 6.45) is 0. The van der Waals surface area contributed by atoms with Crippen molar-refractivity contribution in [2.75, 3.05) is 37.0 Å². The highest BCUT2D eigenvalue weighted by molar-refractivity contribution is 6.17. The van der Waals surface area contributed by atoms with Crippen LogP contribution in [0.25, 0.3) is 0 Å². The van der Waals surface area contributed by atoms with E-state index >= 15 is 0 Å². The fourth-order valence-corrected chi connectivity index (χ4v) is 2.41. The molecule has 0 saturated heterocycles. The number of hydrogen-bond donors (Lipinski definition) is 3. The van der Waals surface area contributed by atoms with Crippen molar-refractivity contribution < 1.29 is 28.6 Å². The smallest absolute Gasteiger partial charge is 0.342 e. The fraction of sp³-hybridized carbons (Fsp3) is 0.571. The molecule has 0 spiro atoms. The molecule has 0 unspecified atom stereocenters. The zero-order valence-corrected chi connectivity index (χ0v) is 18.5. The first-order chi connectivity index (χ1) is 13.9. The van der Waals surface area contributed by atoms with E-state index in [-0.39, 0.29) is 71.3 Å². The Morgan fingerprint density at radius 2 is 0.767 bits per heavy atom. The molecule has 0 radical (unpaired) electrons. The third-order valence-corrected chi connectivity index (χ3v) is 3.87. The van der Waals surface area contributed by atoms with Gasteiger partial charge in [-0.15, -0.1) is 0 Å². The Hall–Kier alpha value is -2.97. The maximum Gasteiger partial charge on any atom is 0.342 e. The maximum absolute atomic E-state index is 12.7. The highest BCUT2D eigenvalue weighted by Crippen LogP contribution is 2.36. The van der Waals surface area contributed by atoms with Crippen LogP contribution in [0.5, 0.6) is 0 Å². The van der Waals surface area contributed by atoms with E-state index < -0.39 is 17.9 Å². The van der Waals surface area contributed by atoms with Crippen LogP contribution in [-0.4, -0.2) is 37.7 Å². The van der Waals surface area contributed by atoms with E-state index in [0.717, 1.165) is 0 Å². The number of rotatable bonds is 9. The van der Waals surface area contributed by atoms with E-state index in [0.29, 0.717) is 0 Å². The van der Waals surface area contributed by atoms with Gasteiger partial charge in [0.15, 0.2) is 0 Å². The van der Waals surface area contributed by atoms with Crippen molar-refractivity contribution >= 4 is 35.0 Å². The van der Waals surface area contributed by atoms with Crippen molar-refractivity contribution in [3.05, 3.63) is 16.7 Å². The minimum atomic E-state index is -0.866. The summed E-state index contributed by atoms with van der Waals surface area (Å²) in [4.78, 5) is 38.0. The third kappa shape index (κ3) is 6.27. The van der Waals surface area contributed by atoms with Crippen LogP contribution in [0.3, 0.4) is 0 Å². The predicted octanol–water partition coefficient (Wildman–Crippen LogP) is 2.87. The molecule has 0 amide bonds. The normalized spacial score (nSPS) is 11.1. The van der Waals surface area contributed by atoms with Crippen LogP contribution in [0.1, 0.15) is 72.6 Å². The van der Waals surface area contributed by atoms with Crippen molar-refractivity contribution in [1.82, 2.24) is 0 Å². The van der Waals surface area contributed by atoms with Gasteiger partial charge in [0.05, 0.1) is 36.9 Å². The molecule has 30 heavy (non-hydrogen) atoms. The molecule has 0 aromatic heterocycles. The van der Waals surface area contributed by atoms with E-state index in [4.69, 9.17) is 31.4 Å². The van der Waals surface area contributed by atoms with Gasteiger partial charge in [-0.05, 0) is 17.8 Å². The van der Waals surface area contributed by atoms with Gasteiger partial charge in [0.25, 0.3) is 0 Å². The van der Waals surface area contributed by atoms with E-state index in [1.165, 1.54) is 0 Å². The molecule has 9 nitrogen and oxygen atoms in total. The van der Waals surface area contributed by atoms with Crippen molar-refractivity contribution in [1.29, 1.82) is 0 Å². The molecule has 0 aliphatic rings. The lowest BCUT2D eigenvalue weighted by Crippen LogP contribution is -2.24. The second kappa shape index (κ2) is 10.7. The molecule has 1 aromatic rings. The van der Waals surface area contributed by atoms with Crippen LogP contribution in [-0.2, 0) is 14.2 Å². The van der Waals surface area contributed by atoms with Gasteiger partial charge in [0, 0.05) is 0 Å². The van der Waals surface area contributed by atoms with Crippen LogP contribution in [0.15, 0.2) is 0 Å². The van der Waals surface area contributed by atoms with Crippen LogP contribution in [0.2, 0.25) is 0 Å². The van der Waals surface area contributed by atoms with Gasteiger partial charge >= 0.3 is 17.9 Å². The molecule has 6 N–H and O–H groups in total. The van der Waals surface area contributed by atoms with Crippen LogP contribution < -0.4 is 17.2 Å². The SMILES string of the molecule is CC(C)COC(=O)c1c(N)c(C(=O)OCC(C)C)c(N)c(C(=O)OCC(C)C)c1N. The fourth-order valence-electron chi connectivity index (χ4n) is 2.41. The summed E-state index contributed by atoms with van der Waals surface area (Å²) in [6.45, 7) is 11.4. The average Bonchev–Trinajstić information content (AvgIpc) is 2.62. The summed E-state index contributed by atoms with van der Waals surface area (Å²) in [6, 6.07) is 0. The van der Waals surface area contributed by atoms with Crippen molar-refractivity contribution in [2.45, 2.75) is 41.5 Å². The number of anilines is 3. The van der Waals surface area contributed by atoms with Crippen molar-refractivity contribution in [3.63, 3.8) is 0 Å². The van der Waals surface area contributed by atoms with Crippen molar-refractivity contribution in [2.24, 2.45) is 17.8 Å². The highest BCUT2D eigenvalue weighted by atomic mass is 16.5. The number of esters is 3. The standard InChI is InChI=1S/C21H33N3O6/c1-10(2)7-28-19(25)13-16(22)14(20(26)29-8-11(3)4)18(24)15(17(13)23)21(27)30-9-12(5)6/h10-12H,7-9,22-24H2,1-6H3. The van der Waals surface area contributed by atoms with E-state index in [2.05, 4.69) is 0 Å². The molecule has 0 atom stereocenters. The Bertz CT molecular complexity index is 677. The van der Waals surface area contributed by atoms with Gasteiger partial charge < -0.3 is 31.4 Å². The van der Waals surface area contributed by atoms with Crippen molar-refractivity contribution in [3.8, 4) is 0 Å². The molecule has 9 heteroatoms. The average molecular weight is 424 g/mol. The summed E-state index contributed by atoms with van der Waals surface area (Å²) >= 11 is 0. The van der Waals surface area contributed by atoms with Crippen LogP contribution in [0.4, 0.5) is 17.1 Å². The number of ether oxygens (including phenoxy) is 3. The molecule has 0 aliphatic carbocycles. The Kier molecular flexibility index (Phi) is 8.94. The number of hydrogen-bond acceptors (Lipinski definition) is 9. The monoisotopic (exact) mass is 423 g/mol. The first-order valence-electron chi connectivity index (χ1n) is 9.90. The zero-order chi connectivity index (χ0) is 23.2. The summed E-state index contributed by atoms with van der Waals surface area (Å²) < 4.78 is 15.6. The molecule has 0 saturated carbocycles. The lowest BCUT2D eigenvalue weighted by Gasteiger charge is -2.20. The molecule has 168 valence electrons. The molecule has 1 aromatic carbocycles. The topological polar surface area (TPSA) is 157 Å². The van der Waals surface area contributed by atoms with E-state index in [1.807, 2.05) is 41.5 Å². The summed E-state index contributed by atoms with van der Waals surface area (Å²) in [7, 11) is 0. The number of benzene rings is 1. The molecule has 0 aliphatic heterocycles. The van der Waals surface area contributed by atoms with E-state index in [1.54, 1.807) is 0 Å². The minimum absolute atomic E-state index is 0.0520. The van der Waals surface area contributed by atoms with Gasteiger partial charge in [0.2, 0.25) is 0 Å². The van der Waals surface area contributed by atoms with Gasteiger partial charge in [-0.25, -0.2) is 14.4 Å². The molecular weight excluding hydrogens is 390 g/mol. The molecule has 0 fully saturated rings. The maximum atomic E-state index is 12.7. The van der Waals surface area contributed by atoms with E-state index in [9.17, 15) is 14.4 Å². The second-order valence-electron chi connectivity index (χ2n) is 8.34. The second-order valence-corrected chi connectivity index (χ2v) is 8.34. The number of nitrogen functional groups attached to an aromatic ring is 3. The summed E-state index contributed by atoms with van der Waals surface area (Å²) in [5.41, 5.74) is 16.4. The Labute approximate surface area is 177 Å². The third-order valence-electron chi connectivity index (χ3n) is 3.87. The summed E-state index contributed by atoms with van der Waals surface area (Å²) in [5.74, 6) is -2.44. The van der Waals surface area contributed by atoms with Gasteiger partial charge in [-0.2, -0.15) is 0 Å². The Balaban J connectivity index is 3.57. The molecule has 0 bridgehead atoms. The first kappa shape index (κ1) is 25.1. The number of nitrogens with two attached hydrogens (primary N) is 3. The minimum Gasteiger partial charge on any atom is -0.462 e. The quantitative estimate of drug-likeness (QED) is 0.308. The number of carbonyl (C=O) groups is 3. The Morgan fingerprint density at radius 1 is 0.567 bits per heavy atom. The lowest BCUT2D eigenvalue weighted by atomic mass is 9.97. The van der Waals surface area contributed by atoms with Crippen LogP contribution >= 0.6 is 0 Å². The molecule has 0 heterocycles. The predicted molar refractivity (Wildman–Crippen MR) is 115 cm³/mol. The Morgan fingerprint density at radius 3 is 0.933 bits per heavy atom. The molecular formula is C21H33N3O6. The van der Waals surface area contributed by atoms with Gasteiger partial charge in [-0.1, -0.05) is 41.5 Å². The largest absolute Gasteiger partial charge is 0.462 e. The van der Waals surface area contributed by atoms with Gasteiger partial charge in [-0.3, -0.25) is 0 Å². The zero-order valence-electron chi connectivity index (χ0n) is 18.5. The first-order valence-corrected chi connectivity index (χ1v) is 9.90. The van der Waals surface area contributed by atoms with Crippen LogP contribution in [0, 0.1) is 17.8 Å². The lowest BCUT2D eigenvalue weighted by molar-refractivity contribution is 0.0460. The molecule has 1 rings (SSSR count). The highest BCUT2D eigenvalue weighted by Gasteiger charge is 2.32. The summed E-state index contributed by atoms with van der Waals surface area (Å²) in [5, 5.41) is 0. The number of carbonyl (C=O) groups excluding carboxylic acids is 3.